The van der Waals surface area contributed by atoms with Gasteiger partial charge in [-0.25, -0.2) is 0 Å². The van der Waals surface area contributed by atoms with Crippen LogP contribution in [0.15, 0.2) is 23.4 Å². The monoisotopic (exact) mass is 351 g/mol. The van der Waals surface area contributed by atoms with Crippen LogP contribution in [0.25, 0.3) is 0 Å². The maximum atomic E-state index is 12.3. The van der Waals surface area contributed by atoms with Crippen molar-refractivity contribution >= 4 is 29.0 Å². The zero-order chi connectivity index (χ0) is 17.9. The van der Waals surface area contributed by atoms with E-state index in [9.17, 15) is 14.9 Å². The first-order chi connectivity index (χ1) is 11.3. The van der Waals surface area contributed by atoms with Crippen molar-refractivity contribution in [1.82, 2.24) is 14.8 Å². The van der Waals surface area contributed by atoms with E-state index in [1.54, 1.807) is 24.6 Å². The number of hydrogen-bond donors (Lipinski definition) is 1. The molecule has 1 aromatic carbocycles. The van der Waals surface area contributed by atoms with Crippen LogP contribution < -0.4 is 10.1 Å². The Morgan fingerprint density at radius 1 is 1.46 bits per heavy atom. The molecule has 0 aliphatic carbocycles. The predicted octanol–water partition coefficient (Wildman–Crippen LogP) is 2.16. The lowest BCUT2D eigenvalue weighted by Gasteiger charge is -2.12. The van der Waals surface area contributed by atoms with Gasteiger partial charge in [0.25, 0.3) is 5.69 Å². The lowest BCUT2D eigenvalue weighted by atomic mass is 10.2. The second-order valence-corrected chi connectivity index (χ2v) is 6.29. The van der Waals surface area contributed by atoms with Crippen molar-refractivity contribution in [2.24, 2.45) is 7.05 Å². The van der Waals surface area contributed by atoms with Crippen LogP contribution in [-0.4, -0.2) is 38.0 Å². The molecule has 0 unspecified atom stereocenters. The molecule has 2 rings (SSSR count). The van der Waals surface area contributed by atoms with Gasteiger partial charge in [-0.2, -0.15) is 0 Å². The predicted molar refractivity (Wildman–Crippen MR) is 89.3 cm³/mol. The molecule has 1 amide bonds. The number of anilines is 1. The Labute approximate surface area is 142 Å². The molecule has 0 aliphatic rings. The topological polar surface area (TPSA) is 112 Å². The fraction of sp³-hybridized carbons (Fsp3) is 0.357. The number of nitrogens with one attached hydrogen (secondary N) is 1. The highest BCUT2D eigenvalue weighted by molar-refractivity contribution is 8.00. The normalized spacial score (nSPS) is 11.8. The lowest BCUT2D eigenvalue weighted by molar-refractivity contribution is -0.384. The van der Waals surface area contributed by atoms with E-state index < -0.39 is 10.2 Å². The zero-order valence-corrected chi connectivity index (χ0v) is 14.5. The second kappa shape index (κ2) is 7.30. The SMILES string of the molecule is COc1ccc(NC(=O)[C@H](C)Sc2nnc(C)n2C)c([N+](=O)[O-])c1. The molecule has 1 heterocycles. The van der Waals surface area contributed by atoms with Gasteiger partial charge in [-0.3, -0.25) is 14.9 Å². The molecule has 2 aromatic rings. The summed E-state index contributed by atoms with van der Waals surface area (Å²) in [6.45, 7) is 3.50. The molecular weight excluding hydrogens is 334 g/mol. The first-order valence-corrected chi connectivity index (χ1v) is 7.87. The summed E-state index contributed by atoms with van der Waals surface area (Å²) in [6.07, 6.45) is 0. The third-order valence-corrected chi connectivity index (χ3v) is 4.50. The van der Waals surface area contributed by atoms with Gasteiger partial charge in [0.05, 0.1) is 23.3 Å². The molecule has 24 heavy (non-hydrogen) atoms. The fourth-order valence-electron chi connectivity index (χ4n) is 1.83. The van der Waals surface area contributed by atoms with Crippen LogP contribution in [0.4, 0.5) is 11.4 Å². The van der Waals surface area contributed by atoms with E-state index in [0.717, 1.165) is 5.82 Å². The molecule has 1 atom stereocenters. The summed E-state index contributed by atoms with van der Waals surface area (Å²) in [5, 5.41) is 21.7. The molecule has 0 spiro atoms. The maximum Gasteiger partial charge on any atom is 0.296 e. The number of hydrogen-bond acceptors (Lipinski definition) is 7. The van der Waals surface area contributed by atoms with Gasteiger partial charge >= 0.3 is 0 Å². The van der Waals surface area contributed by atoms with E-state index in [2.05, 4.69) is 15.5 Å². The second-order valence-electron chi connectivity index (χ2n) is 4.98. The van der Waals surface area contributed by atoms with E-state index >= 15 is 0 Å². The molecule has 0 fully saturated rings. The highest BCUT2D eigenvalue weighted by Gasteiger charge is 2.22. The standard InChI is InChI=1S/C14H17N5O4S/c1-8(24-14-17-16-9(2)18(14)3)13(20)15-11-6-5-10(23-4)7-12(11)19(21)22/h5-8H,1-4H3,(H,15,20)/t8-/m0/s1. The van der Waals surface area contributed by atoms with E-state index in [4.69, 9.17) is 4.74 Å². The molecule has 0 saturated heterocycles. The molecule has 1 aromatic heterocycles. The van der Waals surface area contributed by atoms with Crippen molar-refractivity contribution in [3.05, 3.63) is 34.1 Å². The third-order valence-electron chi connectivity index (χ3n) is 3.36. The van der Waals surface area contributed by atoms with Gasteiger partial charge in [0.1, 0.15) is 17.3 Å². The number of amides is 1. The highest BCUT2D eigenvalue weighted by Crippen LogP contribution is 2.30. The minimum Gasteiger partial charge on any atom is -0.496 e. The van der Waals surface area contributed by atoms with Crippen LogP contribution >= 0.6 is 11.8 Å². The Kier molecular flexibility index (Phi) is 5.39. The van der Waals surface area contributed by atoms with Crippen LogP contribution in [0.5, 0.6) is 5.75 Å². The summed E-state index contributed by atoms with van der Waals surface area (Å²) in [6, 6.07) is 4.25. The van der Waals surface area contributed by atoms with Gasteiger partial charge in [-0.15, -0.1) is 10.2 Å². The molecule has 10 heteroatoms. The number of carbonyl (C=O) groups excluding carboxylic acids is 1. The summed E-state index contributed by atoms with van der Waals surface area (Å²) < 4.78 is 6.74. The summed E-state index contributed by atoms with van der Waals surface area (Å²) in [5.74, 6) is 0.710. The molecule has 9 nitrogen and oxygen atoms in total. The lowest BCUT2D eigenvalue weighted by Crippen LogP contribution is -2.23. The van der Waals surface area contributed by atoms with Crippen LogP contribution in [0.1, 0.15) is 12.7 Å². The fourth-order valence-corrected chi connectivity index (χ4v) is 2.69. The van der Waals surface area contributed by atoms with Gasteiger partial charge in [-0.1, -0.05) is 11.8 Å². The Morgan fingerprint density at radius 3 is 2.71 bits per heavy atom. The number of aromatic nitrogens is 3. The van der Waals surface area contributed by atoms with Gasteiger partial charge in [-0.05, 0) is 26.0 Å². The van der Waals surface area contributed by atoms with Crippen molar-refractivity contribution in [2.45, 2.75) is 24.3 Å². The van der Waals surface area contributed by atoms with E-state index in [1.807, 2.05) is 6.92 Å². The Morgan fingerprint density at radius 2 is 2.17 bits per heavy atom. The number of rotatable bonds is 6. The van der Waals surface area contributed by atoms with Crippen molar-refractivity contribution < 1.29 is 14.5 Å². The van der Waals surface area contributed by atoms with Crippen molar-refractivity contribution in [3.8, 4) is 5.75 Å². The van der Waals surface area contributed by atoms with Crippen molar-refractivity contribution in [1.29, 1.82) is 0 Å². The van der Waals surface area contributed by atoms with E-state index in [0.29, 0.717) is 10.9 Å². The number of aryl methyl sites for hydroxylation is 1. The largest absolute Gasteiger partial charge is 0.496 e. The number of nitrogens with zero attached hydrogens (tertiary/aromatic N) is 4. The number of methoxy groups -OCH3 is 1. The highest BCUT2D eigenvalue weighted by atomic mass is 32.2. The molecular formula is C14H17N5O4S. The van der Waals surface area contributed by atoms with Crippen LogP contribution in [0.2, 0.25) is 0 Å². The molecule has 0 radical (unpaired) electrons. The quantitative estimate of drug-likeness (QED) is 0.482. The Balaban J connectivity index is 2.14. The summed E-state index contributed by atoms with van der Waals surface area (Å²) in [4.78, 5) is 22.9. The minimum absolute atomic E-state index is 0.118. The van der Waals surface area contributed by atoms with Gasteiger partial charge in [0.2, 0.25) is 5.91 Å². The average Bonchev–Trinajstić information content (AvgIpc) is 2.86. The van der Waals surface area contributed by atoms with E-state index in [-0.39, 0.29) is 17.3 Å². The Bertz CT molecular complexity index is 777. The number of ether oxygens (including phenoxy) is 1. The van der Waals surface area contributed by atoms with Crippen LogP contribution in [-0.2, 0) is 11.8 Å². The first-order valence-electron chi connectivity index (χ1n) is 6.99. The Hall–Kier alpha value is -2.62. The summed E-state index contributed by atoms with van der Waals surface area (Å²) in [7, 11) is 3.22. The number of thioether (sulfide) groups is 1. The summed E-state index contributed by atoms with van der Waals surface area (Å²) in [5.41, 5.74) is -0.109. The van der Waals surface area contributed by atoms with Crippen LogP contribution in [0.3, 0.4) is 0 Å². The van der Waals surface area contributed by atoms with E-state index in [1.165, 1.54) is 31.0 Å². The average molecular weight is 351 g/mol. The third kappa shape index (κ3) is 3.82. The first kappa shape index (κ1) is 17.7. The molecule has 0 bridgehead atoms. The number of benzene rings is 1. The van der Waals surface area contributed by atoms with Crippen molar-refractivity contribution in [2.75, 3.05) is 12.4 Å². The van der Waals surface area contributed by atoms with Crippen LogP contribution in [0, 0.1) is 17.0 Å². The van der Waals surface area contributed by atoms with Gasteiger partial charge in [0.15, 0.2) is 5.16 Å². The number of nitro groups is 1. The molecule has 0 saturated carbocycles. The molecule has 1 N–H and O–H groups in total. The zero-order valence-electron chi connectivity index (χ0n) is 13.6. The molecule has 0 aliphatic heterocycles. The molecule has 128 valence electrons. The number of carbonyl (C=O) groups is 1. The minimum atomic E-state index is -0.567. The van der Waals surface area contributed by atoms with Gasteiger partial charge < -0.3 is 14.6 Å². The summed E-state index contributed by atoms with van der Waals surface area (Å²) >= 11 is 1.22. The maximum absolute atomic E-state index is 12.3. The van der Waals surface area contributed by atoms with Gasteiger partial charge in [0, 0.05) is 7.05 Å². The number of nitro benzene ring substituents is 1. The van der Waals surface area contributed by atoms with Crippen molar-refractivity contribution in [3.63, 3.8) is 0 Å². The smallest absolute Gasteiger partial charge is 0.296 e.